The van der Waals surface area contributed by atoms with Gasteiger partial charge in [0.2, 0.25) is 0 Å². The lowest BCUT2D eigenvalue weighted by atomic mass is 9.98. The molecule has 0 aliphatic rings. The molecule has 5 heteroatoms. The second kappa shape index (κ2) is 9.82. The molecule has 32 heavy (non-hydrogen) atoms. The van der Waals surface area contributed by atoms with E-state index in [0.717, 1.165) is 17.2 Å². The van der Waals surface area contributed by atoms with Crippen LogP contribution in [0.1, 0.15) is 19.5 Å². The van der Waals surface area contributed by atoms with Crippen LogP contribution in [0.2, 0.25) is 0 Å². The minimum absolute atomic E-state index is 0.395. The number of ether oxygens (including phenoxy) is 3. The highest BCUT2D eigenvalue weighted by atomic mass is 31.9. The van der Waals surface area contributed by atoms with E-state index in [1.807, 2.05) is 24.3 Å². The topological polar surface area (TPSA) is 27.7 Å². The normalized spacial score (nSPS) is 11.8. The second-order valence-electron chi connectivity index (χ2n) is 7.80. The third-order valence-corrected chi connectivity index (χ3v) is 11.6. The van der Waals surface area contributed by atoms with Crippen molar-refractivity contribution in [3.63, 3.8) is 0 Å². The molecule has 3 nitrogen and oxygen atoms in total. The maximum atomic E-state index is 5.42. The van der Waals surface area contributed by atoms with E-state index in [9.17, 15) is 0 Å². The minimum atomic E-state index is -0.395. The lowest BCUT2D eigenvalue weighted by Crippen LogP contribution is -1.87. The molecule has 1 aromatic heterocycles. The van der Waals surface area contributed by atoms with Crippen molar-refractivity contribution in [3.05, 3.63) is 72.8 Å². The summed E-state index contributed by atoms with van der Waals surface area (Å²) in [5.74, 6) is 2.62. The molecule has 0 radical (unpaired) electrons. The Labute approximate surface area is 193 Å². The Balaban J connectivity index is 1.99. The molecule has 1 atom stereocenters. The zero-order valence-electron chi connectivity index (χ0n) is 19.1. The minimum Gasteiger partial charge on any atom is -0.497 e. The van der Waals surface area contributed by atoms with Gasteiger partial charge in [0, 0.05) is 16.2 Å². The number of rotatable bonds is 7. The van der Waals surface area contributed by atoms with Crippen LogP contribution in [0.4, 0.5) is 0 Å². The standard InChI is InChI=1S/C27H28O3P2/c1-18(2)32-27(21-10-16-24(30-5)17-11-21)25(19-6-12-22(28-3)13-7-19)26(31-32)20-8-14-23(29-4)15-9-20/h6-18H,1-5H3. The Morgan fingerprint density at radius 3 is 1.41 bits per heavy atom. The van der Waals surface area contributed by atoms with E-state index in [1.54, 1.807) is 21.3 Å². The first kappa shape index (κ1) is 22.5. The fraction of sp³-hybridized carbons (Fsp3) is 0.222. The molecule has 0 fully saturated rings. The summed E-state index contributed by atoms with van der Waals surface area (Å²) in [6.07, 6.45) is 0. The third kappa shape index (κ3) is 4.42. The lowest BCUT2D eigenvalue weighted by molar-refractivity contribution is 0.414. The van der Waals surface area contributed by atoms with Gasteiger partial charge in [0.05, 0.1) is 21.3 Å². The predicted molar refractivity (Wildman–Crippen MR) is 138 cm³/mol. The average Bonchev–Trinajstić information content (AvgIpc) is 3.25. The molecule has 0 aliphatic carbocycles. The molecule has 0 N–H and O–H groups in total. The van der Waals surface area contributed by atoms with Crippen molar-refractivity contribution < 1.29 is 14.2 Å². The molecule has 0 spiro atoms. The van der Waals surface area contributed by atoms with E-state index in [-0.39, 0.29) is 0 Å². The molecule has 0 aliphatic heterocycles. The highest BCUT2D eigenvalue weighted by molar-refractivity contribution is 8.03. The van der Waals surface area contributed by atoms with E-state index in [2.05, 4.69) is 62.4 Å². The van der Waals surface area contributed by atoms with Gasteiger partial charge in [-0.2, -0.15) is 0 Å². The van der Waals surface area contributed by atoms with E-state index in [4.69, 9.17) is 14.2 Å². The summed E-state index contributed by atoms with van der Waals surface area (Å²) in [5.41, 5.74) is 5.64. The Morgan fingerprint density at radius 2 is 1.00 bits per heavy atom. The number of hydrogen-bond acceptors (Lipinski definition) is 3. The van der Waals surface area contributed by atoms with Crippen molar-refractivity contribution in [2.24, 2.45) is 0 Å². The van der Waals surface area contributed by atoms with Gasteiger partial charge >= 0.3 is 0 Å². The molecule has 164 valence electrons. The van der Waals surface area contributed by atoms with Gasteiger partial charge in [-0.1, -0.05) is 57.5 Å². The van der Waals surface area contributed by atoms with Crippen LogP contribution in [0.5, 0.6) is 17.2 Å². The largest absolute Gasteiger partial charge is 0.497 e. The number of methoxy groups -OCH3 is 3. The Bertz CT molecular complexity index is 1180. The molecule has 4 aromatic rings. The van der Waals surface area contributed by atoms with Crippen LogP contribution >= 0.6 is 15.1 Å². The van der Waals surface area contributed by atoms with Crippen LogP contribution in [-0.2, 0) is 0 Å². The molecule has 0 bridgehead atoms. The molecular formula is C27H28O3P2. The highest BCUT2D eigenvalue weighted by Gasteiger charge is 2.23. The van der Waals surface area contributed by atoms with Crippen LogP contribution < -0.4 is 14.2 Å². The summed E-state index contributed by atoms with van der Waals surface area (Å²) in [6, 6.07) is 25.4. The van der Waals surface area contributed by atoms with Crippen molar-refractivity contribution in [2.75, 3.05) is 21.3 Å². The number of hydrogen-bond donors (Lipinski definition) is 0. The van der Waals surface area contributed by atoms with E-state index < -0.39 is 7.21 Å². The molecule has 0 amide bonds. The zero-order valence-corrected chi connectivity index (χ0v) is 20.9. The second-order valence-corrected chi connectivity index (χ2v) is 12.5. The van der Waals surface area contributed by atoms with Crippen LogP contribution in [-0.4, -0.2) is 21.3 Å². The first-order chi connectivity index (χ1) is 15.5. The molecule has 1 unspecified atom stereocenters. The quantitative estimate of drug-likeness (QED) is 0.275. The van der Waals surface area contributed by atoms with Gasteiger partial charge in [-0.25, -0.2) is 0 Å². The van der Waals surface area contributed by atoms with Crippen LogP contribution in [0.25, 0.3) is 32.8 Å². The number of benzene rings is 3. The highest BCUT2D eigenvalue weighted by Crippen LogP contribution is 2.65. The molecule has 0 saturated heterocycles. The van der Waals surface area contributed by atoms with E-state index in [1.165, 1.54) is 40.7 Å². The Hall–Kier alpha value is -2.73. The summed E-state index contributed by atoms with van der Waals surface area (Å²) in [4.78, 5) is 0. The van der Waals surface area contributed by atoms with Gasteiger partial charge in [0.15, 0.2) is 0 Å². The maximum absolute atomic E-state index is 5.42. The van der Waals surface area contributed by atoms with Crippen LogP contribution in [0.15, 0.2) is 72.8 Å². The summed E-state index contributed by atoms with van der Waals surface area (Å²) in [5, 5.41) is 2.83. The summed E-state index contributed by atoms with van der Waals surface area (Å²) in [7, 11) is 6.11. The molecule has 0 saturated carbocycles. The van der Waals surface area contributed by atoms with Crippen LogP contribution in [0.3, 0.4) is 0 Å². The smallest absolute Gasteiger partial charge is 0.118 e. The zero-order chi connectivity index (χ0) is 22.7. The van der Waals surface area contributed by atoms with Gasteiger partial charge in [-0.05, 0) is 66.6 Å². The first-order valence-electron chi connectivity index (χ1n) is 10.6. The van der Waals surface area contributed by atoms with Crippen molar-refractivity contribution in [1.29, 1.82) is 0 Å². The van der Waals surface area contributed by atoms with Gasteiger partial charge in [0.1, 0.15) is 17.2 Å². The predicted octanol–water partition coefficient (Wildman–Crippen LogP) is 8.86. The Kier molecular flexibility index (Phi) is 6.89. The Morgan fingerprint density at radius 1 is 0.594 bits per heavy atom. The molecule has 4 rings (SSSR count). The van der Waals surface area contributed by atoms with Gasteiger partial charge in [0.25, 0.3) is 0 Å². The molecule has 1 heterocycles. The average molecular weight is 462 g/mol. The van der Waals surface area contributed by atoms with Crippen molar-refractivity contribution in [3.8, 4) is 50.1 Å². The first-order valence-corrected chi connectivity index (χ1v) is 13.6. The lowest BCUT2D eigenvalue weighted by Gasteiger charge is -2.14. The fourth-order valence-corrected chi connectivity index (χ4v) is 9.39. The summed E-state index contributed by atoms with van der Waals surface area (Å²) >= 11 is 0. The van der Waals surface area contributed by atoms with Crippen LogP contribution in [0, 0.1) is 0 Å². The maximum Gasteiger partial charge on any atom is 0.118 e. The summed E-state index contributed by atoms with van der Waals surface area (Å²) in [6.45, 7) is 4.68. The SMILES string of the molecule is COc1ccc(-c2pp(C(C)C)c(-c3ccc(OC)cc3)c2-c2ccc(OC)cc2)cc1. The van der Waals surface area contributed by atoms with Crippen molar-refractivity contribution in [2.45, 2.75) is 19.5 Å². The van der Waals surface area contributed by atoms with Crippen molar-refractivity contribution >= 4 is 15.1 Å². The van der Waals surface area contributed by atoms with Gasteiger partial charge in [-0.3, -0.25) is 0 Å². The fourth-order valence-electron chi connectivity index (χ4n) is 3.82. The summed E-state index contributed by atoms with van der Waals surface area (Å²) < 4.78 is 16.2. The van der Waals surface area contributed by atoms with Gasteiger partial charge in [-0.15, -0.1) is 0 Å². The van der Waals surface area contributed by atoms with E-state index >= 15 is 0 Å². The molecular weight excluding hydrogens is 434 g/mol. The molecule has 3 aromatic carbocycles. The van der Waals surface area contributed by atoms with Gasteiger partial charge < -0.3 is 14.2 Å². The van der Waals surface area contributed by atoms with Crippen molar-refractivity contribution in [1.82, 2.24) is 0 Å². The van der Waals surface area contributed by atoms with E-state index in [0.29, 0.717) is 5.66 Å². The monoisotopic (exact) mass is 462 g/mol. The third-order valence-electron chi connectivity index (χ3n) is 5.51.